The SMILES string of the molecule is CC(=O)C[C@H](CC(=O)[C@@H]1CCCN1C(=O)CCCNc1cc(C)ccn1)c1ccc(-c2ccc(C)c3ccccc23)cc1. The van der Waals surface area contributed by atoms with Crippen LogP contribution < -0.4 is 5.32 Å². The van der Waals surface area contributed by atoms with Crippen molar-refractivity contribution in [3.63, 3.8) is 0 Å². The fraction of sp³-hybridized carbons (Fsp3) is 0.351. The highest BCUT2D eigenvalue weighted by atomic mass is 16.2. The Hall–Kier alpha value is -4.32. The van der Waals surface area contributed by atoms with E-state index in [1.807, 2.05) is 19.1 Å². The van der Waals surface area contributed by atoms with Gasteiger partial charge in [-0.25, -0.2) is 4.98 Å². The molecule has 6 nitrogen and oxygen atoms in total. The van der Waals surface area contributed by atoms with E-state index < -0.39 is 6.04 Å². The Morgan fingerprint density at radius 2 is 1.72 bits per heavy atom. The zero-order chi connectivity index (χ0) is 30.3. The molecule has 43 heavy (non-hydrogen) atoms. The van der Waals surface area contributed by atoms with E-state index >= 15 is 0 Å². The van der Waals surface area contributed by atoms with Crippen molar-refractivity contribution in [1.29, 1.82) is 0 Å². The molecule has 0 radical (unpaired) electrons. The summed E-state index contributed by atoms with van der Waals surface area (Å²) in [6.07, 6.45) is 4.88. The molecule has 2 atom stereocenters. The van der Waals surface area contributed by atoms with Gasteiger partial charge in [-0.15, -0.1) is 0 Å². The third-order valence-corrected chi connectivity index (χ3v) is 8.55. The Morgan fingerprint density at radius 3 is 2.47 bits per heavy atom. The third kappa shape index (κ3) is 7.37. The van der Waals surface area contributed by atoms with Gasteiger partial charge in [0.15, 0.2) is 5.78 Å². The summed E-state index contributed by atoms with van der Waals surface area (Å²) in [5.41, 5.74) is 5.62. The van der Waals surface area contributed by atoms with Crippen LogP contribution in [0.4, 0.5) is 5.82 Å². The first-order chi connectivity index (χ1) is 20.8. The maximum Gasteiger partial charge on any atom is 0.223 e. The normalized spacial score (nSPS) is 15.4. The van der Waals surface area contributed by atoms with E-state index in [9.17, 15) is 14.4 Å². The molecule has 3 aromatic carbocycles. The molecule has 222 valence electrons. The summed E-state index contributed by atoms with van der Waals surface area (Å²) in [5, 5.41) is 5.72. The monoisotopic (exact) mass is 575 g/mol. The number of Topliss-reactive ketones (excluding diaryl/α,β-unsaturated/α-hetero) is 2. The number of anilines is 1. The minimum atomic E-state index is -0.411. The number of fused-ring (bicyclic) bond motifs is 1. The highest BCUT2D eigenvalue weighted by Gasteiger charge is 2.34. The van der Waals surface area contributed by atoms with Crippen LogP contribution in [0.1, 0.15) is 68.1 Å². The summed E-state index contributed by atoms with van der Waals surface area (Å²) in [4.78, 5) is 45.1. The Kier molecular flexibility index (Phi) is 9.65. The molecule has 0 saturated carbocycles. The van der Waals surface area contributed by atoms with Gasteiger partial charge >= 0.3 is 0 Å². The highest BCUT2D eigenvalue weighted by molar-refractivity contribution is 5.98. The number of aromatic nitrogens is 1. The van der Waals surface area contributed by atoms with Crippen molar-refractivity contribution in [3.8, 4) is 11.1 Å². The lowest BCUT2D eigenvalue weighted by Gasteiger charge is -2.26. The second kappa shape index (κ2) is 13.8. The number of carbonyl (C=O) groups is 3. The zero-order valence-electron chi connectivity index (χ0n) is 25.4. The second-order valence-electron chi connectivity index (χ2n) is 11.9. The molecular weight excluding hydrogens is 534 g/mol. The Labute approximate surface area is 254 Å². The number of benzene rings is 3. The first-order valence-corrected chi connectivity index (χ1v) is 15.4. The summed E-state index contributed by atoms with van der Waals surface area (Å²) in [6.45, 7) is 6.97. The van der Waals surface area contributed by atoms with Gasteiger partial charge in [-0.2, -0.15) is 0 Å². The maximum absolute atomic E-state index is 13.6. The van der Waals surface area contributed by atoms with Crippen LogP contribution in [-0.2, 0) is 14.4 Å². The molecule has 0 bridgehead atoms. The van der Waals surface area contributed by atoms with E-state index in [2.05, 4.69) is 77.9 Å². The highest BCUT2D eigenvalue weighted by Crippen LogP contribution is 2.33. The Bertz CT molecular complexity index is 1610. The van der Waals surface area contributed by atoms with Crippen LogP contribution in [-0.4, -0.2) is 46.5 Å². The molecule has 4 aromatic rings. The van der Waals surface area contributed by atoms with Crippen LogP contribution in [0.2, 0.25) is 0 Å². The third-order valence-electron chi connectivity index (χ3n) is 8.55. The van der Waals surface area contributed by atoms with Crippen LogP contribution in [0.15, 0.2) is 79.0 Å². The van der Waals surface area contributed by atoms with E-state index in [0.29, 0.717) is 38.8 Å². The number of pyridine rings is 1. The average molecular weight is 576 g/mol. The lowest BCUT2D eigenvalue weighted by molar-refractivity contribution is -0.137. The molecule has 0 aliphatic carbocycles. The lowest BCUT2D eigenvalue weighted by atomic mass is 9.86. The van der Waals surface area contributed by atoms with Gasteiger partial charge in [0.2, 0.25) is 5.91 Å². The van der Waals surface area contributed by atoms with Crippen molar-refractivity contribution in [3.05, 3.63) is 95.7 Å². The topological polar surface area (TPSA) is 79.4 Å². The molecule has 2 heterocycles. The lowest BCUT2D eigenvalue weighted by Crippen LogP contribution is -2.41. The van der Waals surface area contributed by atoms with Gasteiger partial charge in [0.1, 0.15) is 11.6 Å². The maximum atomic E-state index is 13.6. The van der Waals surface area contributed by atoms with E-state index in [1.54, 1.807) is 18.0 Å². The van der Waals surface area contributed by atoms with Gasteiger partial charge in [0.05, 0.1) is 6.04 Å². The smallest absolute Gasteiger partial charge is 0.223 e. The first-order valence-electron chi connectivity index (χ1n) is 15.4. The van der Waals surface area contributed by atoms with Crippen molar-refractivity contribution in [2.75, 3.05) is 18.4 Å². The molecule has 0 unspecified atom stereocenters. The van der Waals surface area contributed by atoms with Crippen LogP contribution >= 0.6 is 0 Å². The van der Waals surface area contributed by atoms with Crippen molar-refractivity contribution in [2.24, 2.45) is 0 Å². The molecule has 1 amide bonds. The molecule has 6 heteroatoms. The van der Waals surface area contributed by atoms with E-state index in [0.717, 1.165) is 34.5 Å². The minimum Gasteiger partial charge on any atom is -0.370 e. The number of hydrogen-bond acceptors (Lipinski definition) is 5. The minimum absolute atomic E-state index is 0.0210. The van der Waals surface area contributed by atoms with Gasteiger partial charge in [-0.05, 0) is 96.7 Å². The number of nitrogens with one attached hydrogen (secondary N) is 1. The van der Waals surface area contributed by atoms with Crippen LogP contribution in [0, 0.1) is 13.8 Å². The molecule has 1 aromatic heterocycles. The van der Waals surface area contributed by atoms with Crippen LogP contribution in [0.3, 0.4) is 0 Å². The van der Waals surface area contributed by atoms with Crippen molar-refractivity contribution >= 4 is 34.1 Å². The van der Waals surface area contributed by atoms with Crippen LogP contribution in [0.5, 0.6) is 0 Å². The molecule has 5 rings (SSSR count). The first kappa shape index (κ1) is 30.1. The fourth-order valence-corrected chi connectivity index (χ4v) is 6.30. The van der Waals surface area contributed by atoms with E-state index in [1.165, 1.54) is 16.3 Å². The van der Waals surface area contributed by atoms with Gasteiger partial charge < -0.3 is 15.0 Å². The van der Waals surface area contributed by atoms with E-state index in [4.69, 9.17) is 0 Å². The van der Waals surface area contributed by atoms with Crippen molar-refractivity contribution in [1.82, 2.24) is 9.88 Å². The summed E-state index contributed by atoms with van der Waals surface area (Å²) >= 11 is 0. The summed E-state index contributed by atoms with van der Waals surface area (Å²) < 4.78 is 0. The summed E-state index contributed by atoms with van der Waals surface area (Å²) in [5.74, 6) is 0.720. The Morgan fingerprint density at radius 1 is 0.953 bits per heavy atom. The second-order valence-corrected chi connectivity index (χ2v) is 11.9. The van der Waals surface area contributed by atoms with Gasteiger partial charge in [0, 0.05) is 38.5 Å². The zero-order valence-corrected chi connectivity index (χ0v) is 25.4. The number of aryl methyl sites for hydroxylation is 2. The van der Waals surface area contributed by atoms with Crippen molar-refractivity contribution < 1.29 is 14.4 Å². The number of likely N-dealkylation sites (tertiary alicyclic amines) is 1. The van der Waals surface area contributed by atoms with E-state index in [-0.39, 0.29) is 29.8 Å². The largest absolute Gasteiger partial charge is 0.370 e. The number of ketones is 2. The Balaban J connectivity index is 1.23. The summed E-state index contributed by atoms with van der Waals surface area (Å²) in [7, 11) is 0. The molecule has 1 N–H and O–H groups in total. The van der Waals surface area contributed by atoms with Gasteiger partial charge in [0.25, 0.3) is 0 Å². The molecule has 1 saturated heterocycles. The standard InChI is InChI=1S/C37H41N3O3/c1-25-18-20-39-36(22-25)38-19-6-11-37(43)40-21-7-10-34(40)35(42)24-30(23-27(3)41)28-13-15-29(16-14-28)32-17-12-26(2)31-8-4-5-9-33(31)32/h4-5,8-9,12-18,20,22,30,34H,6-7,10-11,19,21,23-24H2,1-3H3,(H,38,39)/t30-,34+/m1/s1. The predicted octanol–water partition coefficient (Wildman–Crippen LogP) is 7.42. The molecule has 1 aliphatic heterocycles. The number of carbonyl (C=O) groups excluding carboxylic acids is 3. The predicted molar refractivity (Wildman–Crippen MR) is 173 cm³/mol. The van der Waals surface area contributed by atoms with Crippen molar-refractivity contribution in [2.45, 2.75) is 71.3 Å². The molecular formula is C37H41N3O3. The van der Waals surface area contributed by atoms with Gasteiger partial charge in [-0.3, -0.25) is 9.59 Å². The molecule has 0 spiro atoms. The number of hydrogen-bond donors (Lipinski definition) is 1. The molecule has 1 aliphatic rings. The van der Waals surface area contributed by atoms with Gasteiger partial charge in [-0.1, -0.05) is 60.7 Å². The molecule has 1 fully saturated rings. The summed E-state index contributed by atoms with van der Waals surface area (Å²) in [6, 6.07) is 24.5. The van der Waals surface area contributed by atoms with Crippen LogP contribution in [0.25, 0.3) is 21.9 Å². The number of nitrogens with zero attached hydrogens (tertiary/aromatic N) is 2. The average Bonchev–Trinajstić information content (AvgIpc) is 3.50. The number of rotatable bonds is 12. The quantitative estimate of drug-likeness (QED) is 0.178. The number of amides is 1. The fourth-order valence-electron chi connectivity index (χ4n) is 6.30.